The fourth-order valence-corrected chi connectivity index (χ4v) is 3.57. The van der Waals surface area contributed by atoms with E-state index in [1.807, 2.05) is 54.7 Å². The molecule has 0 atom stereocenters. The summed E-state index contributed by atoms with van der Waals surface area (Å²) in [6.07, 6.45) is 3.59. The van der Waals surface area contributed by atoms with Crippen LogP contribution in [0.1, 0.15) is 11.3 Å². The Kier molecular flexibility index (Phi) is 5.70. The first kappa shape index (κ1) is 19.6. The highest BCUT2D eigenvalue weighted by Gasteiger charge is 2.13. The average Bonchev–Trinajstić information content (AvgIpc) is 2.77. The van der Waals surface area contributed by atoms with Gasteiger partial charge in [0.25, 0.3) is 0 Å². The summed E-state index contributed by atoms with van der Waals surface area (Å²) in [6.45, 7) is -0.102. The van der Waals surface area contributed by atoms with E-state index >= 15 is 0 Å². The Morgan fingerprint density at radius 1 is 0.967 bits per heavy atom. The van der Waals surface area contributed by atoms with Gasteiger partial charge < -0.3 is 10.0 Å². The molecule has 0 saturated heterocycles. The number of nitrogens with zero attached hydrogens (tertiary/aromatic N) is 3. The quantitative estimate of drug-likeness (QED) is 0.494. The van der Waals surface area contributed by atoms with Crippen molar-refractivity contribution >= 4 is 22.7 Å². The van der Waals surface area contributed by atoms with Gasteiger partial charge in [-0.15, -0.1) is 0 Å². The molecule has 1 N–H and O–H groups in total. The van der Waals surface area contributed by atoms with Crippen LogP contribution in [-0.4, -0.2) is 34.6 Å². The molecule has 0 spiro atoms. The number of aliphatic carboxylic acids is 1. The summed E-state index contributed by atoms with van der Waals surface area (Å²) >= 11 is 0. The smallest absolute Gasteiger partial charge is 0.323 e. The van der Waals surface area contributed by atoms with E-state index in [4.69, 9.17) is 10.1 Å². The summed E-state index contributed by atoms with van der Waals surface area (Å²) in [4.78, 5) is 22.0. The molecule has 4 rings (SSSR count). The molecule has 150 valence electrons. The summed E-state index contributed by atoms with van der Waals surface area (Å²) in [5.74, 6) is -0.240. The van der Waals surface area contributed by atoms with E-state index < -0.39 is 5.97 Å². The van der Waals surface area contributed by atoms with Crippen LogP contribution in [0, 0.1) is 0 Å². The van der Waals surface area contributed by atoms with E-state index in [-0.39, 0.29) is 6.54 Å². The SMILES string of the molecule is CN(CC(=O)O)c1cc(-c2ccccc2)c2cc(CCc3ccccn3)ccc2n1. The molecule has 0 unspecified atom stereocenters. The van der Waals surface area contributed by atoms with E-state index in [2.05, 4.69) is 29.2 Å². The van der Waals surface area contributed by atoms with Crippen molar-refractivity contribution in [2.75, 3.05) is 18.5 Å². The molecule has 0 saturated carbocycles. The van der Waals surface area contributed by atoms with E-state index in [1.54, 1.807) is 11.9 Å². The molecule has 0 aliphatic heterocycles. The van der Waals surface area contributed by atoms with Crippen LogP contribution in [-0.2, 0) is 17.6 Å². The molecule has 2 aromatic carbocycles. The second-order valence-electron chi connectivity index (χ2n) is 7.32. The maximum Gasteiger partial charge on any atom is 0.323 e. The van der Waals surface area contributed by atoms with Crippen LogP contribution in [0.4, 0.5) is 5.82 Å². The molecule has 2 heterocycles. The fraction of sp³-hybridized carbons (Fsp3) is 0.160. The number of carboxylic acids is 1. The first-order valence-corrected chi connectivity index (χ1v) is 9.92. The zero-order valence-electron chi connectivity index (χ0n) is 16.8. The van der Waals surface area contributed by atoms with Crippen LogP contribution in [0.5, 0.6) is 0 Å². The number of hydrogen-bond acceptors (Lipinski definition) is 4. The van der Waals surface area contributed by atoms with Crippen LogP contribution in [0.25, 0.3) is 22.0 Å². The lowest BCUT2D eigenvalue weighted by atomic mass is 9.98. The normalized spacial score (nSPS) is 10.8. The number of benzene rings is 2. The molecule has 30 heavy (non-hydrogen) atoms. The Bertz CT molecular complexity index is 1160. The number of pyridine rings is 2. The van der Waals surface area contributed by atoms with Gasteiger partial charge in [0, 0.05) is 24.3 Å². The number of anilines is 1. The zero-order valence-corrected chi connectivity index (χ0v) is 16.8. The summed E-state index contributed by atoms with van der Waals surface area (Å²) < 4.78 is 0. The highest BCUT2D eigenvalue weighted by molar-refractivity contribution is 5.96. The van der Waals surface area contributed by atoms with Gasteiger partial charge in [0.05, 0.1) is 5.52 Å². The Balaban J connectivity index is 1.75. The minimum atomic E-state index is -0.884. The summed E-state index contributed by atoms with van der Waals surface area (Å²) in [6, 6.07) is 24.4. The van der Waals surface area contributed by atoms with Crippen molar-refractivity contribution in [1.29, 1.82) is 0 Å². The molecule has 0 amide bonds. The van der Waals surface area contributed by atoms with Crippen LogP contribution < -0.4 is 4.90 Å². The summed E-state index contributed by atoms with van der Waals surface area (Å²) in [5.41, 5.74) is 5.28. The first-order valence-electron chi connectivity index (χ1n) is 9.92. The van der Waals surface area contributed by atoms with Gasteiger partial charge in [0.1, 0.15) is 12.4 Å². The number of aromatic nitrogens is 2. The molecule has 0 bridgehead atoms. The van der Waals surface area contributed by atoms with Crippen LogP contribution in [0.2, 0.25) is 0 Å². The van der Waals surface area contributed by atoms with Crippen molar-refractivity contribution < 1.29 is 9.90 Å². The van der Waals surface area contributed by atoms with Gasteiger partial charge in [-0.2, -0.15) is 0 Å². The minimum Gasteiger partial charge on any atom is -0.480 e. The number of rotatable bonds is 7. The van der Waals surface area contributed by atoms with E-state index in [9.17, 15) is 4.79 Å². The van der Waals surface area contributed by atoms with Gasteiger partial charge in [-0.1, -0.05) is 42.5 Å². The number of likely N-dealkylation sites (N-methyl/N-ethyl adjacent to an activating group) is 1. The topological polar surface area (TPSA) is 66.3 Å². The van der Waals surface area contributed by atoms with Gasteiger partial charge in [0.15, 0.2) is 0 Å². The standard InChI is InChI=1S/C25H23N3O2/c1-28(17-25(29)30)24-16-21(19-7-3-2-4-8-19)22-15-18(11-13-23(22)27-24)10-12-20-9-5-6-14-26-20/h2-9,11,13-16H,10,12,17H2,1H3,(H,29,30). The van der Waals surface area contributed by atoms with Crippen LogP contribution in [0.3, 0.4) is 0 Å². The maximum atomic E-state index is 11.2. The van der Waals surface area contributed by atoms with Gasteiger partial charge >= 0.3 is 5.97 Å². The van der Waals surface area contributed by atoms with Crippen molar-refractivity contribution in [2.45, 2.75) is 12.8 Å². The maximum absolute atomic E-state index is 11.2. The van der Waals surface area contributed by atoms with Crippen LogP contribution in [0.15, 0.2) is 79.0 Å². The molecule has 0 aliphatic rings. The molecule has 0 fully saturated rings. The third-order valence-electron chi connectivity index (χ3n) is 5.10. The number of fused-ring (bicyclic) bond motifs is 1. The second-order valence-corrected chi connectivity index (χ2v) is 7.32. The van der Waals surface area contributed by atoms with Crippen LogP contribution >= 0.6 is 0 Å². The lowest BCUT2D eigenvalue weighted by Crippen LogP contribution is -2.26. The molecule has 4 aromatic rings. The molecule has 5 nitrogen and oxygen atoms in total. The van der Waals surface area contributed by atoms with Crippen molar-refractivity contribution in [3.8, 4) is 11.1 Å². The molecule has 5 heteroatoms. The molecular weight excluding hydrogens is 374 g/mol. The van der Waals surface area contributed by atoms with Gasteiger partial charge in [0.2, 0.25) is 0 Å². The average molecular weight is 397 g/mol. The summed E-state index contributed by atoms with van der Waals surface area (Å²) in [5, 5.41) is 10.2. The fourth-order valence-electron chi connectivity index (χ4n) is 3.57. The van der Waals surface area contributed by atoms with Crippen molar-refractivity contribution in [3.05, 3.63) is 90.3 Å². The Morgan fingerprint density at radius 2 is 1.77 bits per heavy atom. The Morgan fingerprint density at radius 3 is 2.50 bits per heavy atom. The monoisotopic (exact) mass is 397 g/mol. The first-order chi connectivity index (χ1) is 14.6. The summed E-state index contributed by atoms with van der Waals surface area (Å²) in [7, 11) is 1.75. The van der Waals surface area contributed by atoms with Crippen molar-refractivity contribution in [3.63, 3.8) is 0 Å². The van der Waals surface area contributed by atoms with E-state index in [0.717, 1.165) is 40.6 Å². The zero-order chi connectivity index (χ0) is 20.9. The van der Waals surface area contributed by atoms with E-state index in [1.165, 1.54) is 5.56 Å². The number of carbonyl (C=O) groups is 1. The largest absolute Gasteiger partial charge is 0.480 e. The second kappa shape index (κ2) is 8.74. The molecular formula is C25H23N3O2. The Labute approximate surface area is 175 Å². The van der Waals surface area contributed by atoms with Gasteiger partial charge in [-0.05, 0) is 59.9 Å². The predicted octanol–water partition coefficient (Wildman–Crippen LogP) is 4.60. The predicted molar refractivity (Wildman–Crippen MR) is 120 cm³/mol. The molecule has 0 aliphatic carbocycles. The molecule has 2 aromatic heterocycles. The van der Waals surface area contributed by atoms with Gasteiger partial charge in [-0.3, -0.25) is 9.78 Å². The minimum absolute atomic E-state index is 0.102. The van der Waals surface area contributed by atoms with Crippen molar-refractivity contribution in [1.82, 2.24) is 9.97 Å². The third-order valence-corrected chi connectivity index (χ3v) is 5.10. The highest BCUT2D eigenvalue weighted by Crippen LogP contribution is 2.32. The Hall–Kier alpha value is -3.73. The number of carboxylic acid groups (broad SMARTS) is 1. The lowest BCUT2D eigenvalue weighted by Gasteiger charge is -2.18. The van der Waals surface area contributed by atoms with Gasteiger partial charge in [-0.25, -0.2) is 4.98 Å². The van der Waals surface area contributed by atoms with E-state index in [0.29, 0.717) is 5.82 Å². The lowest BCUT2D eigenvalue weighted by molar-refractivity contribution is -0.135. The number of aryl methyl sites for hydroxylation is 2. The highest BCUT2D eigenvalue weighted by atomic mass is 16.4. The van der Waals surface area contributed by atoms with Crippen molar-refractivity contribution in [2.24, 2.45) is 0 Å². The molecule has 0 radical (unpaired) electrons. The third kappa shape index (κ3) is 4.46. The number of hydrogen-bond donors (Lipinski definition) is 1.